The summed E-state index contributed by atoms with van der Waals surface area (Å²) in [4.78, 5) is 4.19. The first-order valence-electron chi connectivity index (χ1n) is 4.35. The van der Waals surface area contributed by atoms with E-state index in [4.69, 9.17) is 0 Å². The summed E-state index contributed by atoms with van der Waals surface area (Å²) in [6, 6.07) is 8.41. The molecule has 0 aromatic heterocycles. The van der Waals surface area contributed by atoms with Crippen molar-refractivity contribution in [1.82, 2.24) is 0 Å². The highest BCUT2D eigenvalue weighted by Gasteiger charge is 2.01. The highest BCUT2D eigenvalue weighted by Crippen LogP contribution is 2.10. The molecular formula is C9H13N3O2S. The van der Waals surface area contributed by atoms with E-state index in [0.29, 0.717) is 0 Å². The SMILES string of the molecule is C1=NCCc2ccccc21.NS(N)(=O)=O. The predicted octanol–water partition coefficient (Wildman–Crippen LogP) is -0.190. The topological polar surface area (TPSA) is 98.5 Å². The molecule has 0 amide bonds. The Morgan fingerprint density at radius 2 is 1.80 bits per heavy atom. The van der Waals surface area contributed by atoms with Crippen molar-refractivity contribution in [2.45, 2.75) is 6.42 Å². The summed E-state index contributed by atoms with van der Waals surface area (Å²) in [7, 11) is -3.67. The molecule has 1 aromatic carbocycles. The van der Waals surface area contributed by atoms with Gasteiger partial charge in [0, 0.05) is 12.8 Å². The van der Waals surface area contributed by atoms with E-state index < -0.39 is 10.2 Å². The number of hydrogen-bond acceptors (Lipinski definition) is 3. The van der Waals surface area contributed by atoms with E-state index in [2.05, 4.69) is 39.5 Å². The molecule has 0 saturated carbocycles. The zero-order chi connectivity index (χ0) is 11.3. The second kappa shape index (κ2) is 5.01. The van der Waals surface area contributed by atoms with Gasteiger partial charge in [-0.2, -0.15) is 8.42 Å². The Kier molecular flexibility index (Phi) is 3.96. The van der Waals surface area contributed by atoms with Crippen molar-refractivity contribution in [2.75, 3.05) is 6.54 Å². The normalized spacial score (nSPS) is 13.7. The first kappa shape index (κ1) is 11.8. The summed E-state index contributed by atoms with van der Waals surface area (Å²) >= 11 is 0. The van der Waals surface area contributed by atoms with Crippen LogP contribution in [-0.4, -0.2) is 21.2 Å². The second-order valence-corrected chi connectivity index (χ2v) is 4.25. The van der Waals surface area contributed by atoms with Gasteiger partial charge < -0.3 is 0 Å². The molecule has 5 nitrogen and oxygen atoms in total. The number of benzene rings is 1. The summed E-state index contributed by atoms with van der Waals surface area (Å²) in [5, 5.41) is 8.21. The largest absolute Gasteiger partial charge is 0.292 e. The van der Waals surface area contributed by atoms with Gasteiger partial charge in [-0.05, 0) is 17.5 Å². The Morgan fingerprint density at radius 1 is 1.20 bits per heavy atom. The maximum Gasteiger partial charge on any atom is 0.271 e. The Hall–Kier alpha value is -1.24. The zero-order valence-electron chi connectivity index (χ0n) is 8.13. The lowest BCUT2D eigenvalue weighted by Gasteiger charge is -2.07. The molecule has 0 radical (unpaired) electrons. The molecule has 0 saturated heterocycles. The van der Waals surface area contributed by atoms with Crippen molar-refractivity contribution in [2.24, 2.45) is 15.3 Å². The van der Waals surface area contributed by atoms with Gasteiger partial charge in [0.05, 0.1) is 0 Å². The lowest BCUT2D eigenvalue weighted by atomic mass is 10.0. The minimum atomic E-state index is -3.67. The molecule has 4 N–H and O–H groups in total. The fourth-order valence-corrected chi connectivity index (χ4v) is 1.24. The van der Waals surface area contributed by atoms with Crippen LogP contribution in [0.15, 0.2) is 29.3 Å². The van der Waals surface area contributed by atoms with Crippen molar-refractivity contribution in [3.8, 4) is 0 Å². The minimum absolute atomic E-state index is 0.955. The first-order valence-corrected chi connectivity index (χ1v) is 5.96. The lowest BCUT2D eigenvalue weighted by Crippen LogP contribution is -2.21. The molecule has 15 heavy (non-hydrogen) atoms. The van der Waals surface area contributed by atoms with Gasteiger partial charge in [-0.15, -0.1) is 0 Å². The van der Waals surface area contributed by atoms with Gasteiger partial charge in [-0.1, -0.05) is 24.3 Å². The van der Waals surface area contributed by atoms with Crippen LogP contribution >= 0.6 is 0 Å². The van der Waals surface area contributed by atoms with Crippen molar-refractivity contribution in [1.29, 1.82) is 0 Å². The number of fused-ring (bicyclic) bond motifs is 1. The van der Waals surface area contributed by atoms with E-state index in [0.717, 1.165) is 13.0 Å². The molecule has 1 heterocycles. The highest BCUT2D eigenvalue weighted by molar-refractivity contribution is 7.86. The molecule has 0 bridgehead atoms. The van der Waals surface area contributed by atoms with Crippen molar-refractivity contribution in [3.05, 3.63) is 35.4 Å². The van der Waals surface area contributed by atoms with E-state index in [-0.39, 0.29) is 0 Å². The van der Waals surface area contributed by atoms with E-state index >= 15 is 0 Å². The van der Waals surface area contributed by atoms with Gasteiger partial charge in [0.1, 0.15) is 0 Å². The third-order valence-electron chi connectivity index (χ3n) is 1.80. The van der Waals surface area contributed by atoms with E-state index in [1.54, 1.807) is 0 Å². The van der Waals surface area contributed by atoms with Crippen LogP contribution in [0, 0.1) is 0 Å². The van der Waals surface area contributed by atoms with E-state index in [1.165, 1.54) is 11.1 Å². The molecule has 0 aliphatic carbocycles. The Bertz CT molecular complexity index is 446. The fourth-order valence-electron chi connectivity index (χ4n) is 1.24. The van der Waals surface area contributed by atoms with Crippen LogP contribution in [0.3, 0.4) is 0 Å². The molecule has 82 valence electrons. The summed E-state index contributed by atoms with van der Waals surface area (Å²) in [6.45, 7) is 0.955. The third-order valence-corrected chi connectivity index (χ3v) is 1.80. The molecule has 2 rings (SSSR count). The van der Waals surface area contributed by atoms with Gasteiger partial charge in [0.25, 0.3) is 10.2 Å². The van der Waals surface area contributed by atoms with Gasteiger partial charge in [0.2, 0.25) is 0 Å². The summed E-state index contributed by atoms with van der Waals surface area (Å²) in [5.41, 5.74) is 2.71. The Labute approximate surface area is 89.0 Å². The molecule has 0 spiro atoms. The van der Waals surface area contributed by atoms with Crippen LogP contribution < -0.4 is 10.3 Å². The number of hydrogen-bond donors (Lipinski definition) is 2. The first-order chi connectivity index (χ1) is 6.97. The van der Waals surface area contributed by atoms with Gasteiger partial charge in [0.15, 0.2) is 0 Å². The number of aliphatic imine (C=N–C) groups is 1. The Morgan fingerprint density at radius 3 is 2.40 bits per heavy atom. The summed E-state index contributed by atoms with van der Waals surface area (Å²) < 4.78 is 18.4. The predicted molar refractivity (Wildman–Crippen MR) is 59.9 cm³/mol. The number of rotatable bonds is 0. The van der Waals surface area contributed by atoms with E-state index in [1.807, 2.05) is 6.21 Å². The van der Waals surface area contributed by atoms with Gasteiger partial charge >= 0.3 is 0 Å². The zero-order valence-corrected chi connectivity index (χ0v) is 8.94. The fraction of sp³-hybridized carbons (Fsp3) is 0.222. The van der Waals surface area contributed by atoms with Crippen LogP contribution in [-0.2, 0) is 16.6 Å². The van der Waals surface area contributed by atoms with Crippen LogP contribution in [0.1, 0.15) is 11.1 Å². The minimum Gasteiger partial charge on any atom is -0.292 e. The molecule has 0 unspecified atom stereocenters. The average Bonchev–Trinajstić information content (AvgIpc) is 2.16. The molecular weight excluding hydrogens is 214 g/mol. The monoisotopic (exact) mass is 227 g/mol. The maximum absolute atomic E-state index is 9.19. The number of nitrogens with zero attached hydrogens (tertiary/aromatic N) is 1. The van der Waals surface area contributed by atoms with Crippen molar-refractivity contribution < 1.29 is 8.42 Å². The Balaban J connectivity index is 0.000000195. The standard InChI is InChI=1S/C9H9N.H4N2O2S/c1-2-4-9-7-10-6-5-8(9)3-1;1-5(2,3)4/h1-4,7H,5-6H2;(H4,1,2,3,4). The quantitative estimate of drug-likeness (QED) is 0.642. The second-order valence-electron chi connectivity index (χ2n) is 3.07. The molecule has 1 aromatic rings. The molecule has 6 heteroatoms. The molecule has 1 aliphatic rings. The third kappa shape index (κ3) is 5.26. The van der Waals surface area contributed by atoms with E-state index in [9.17, 15) is 8.42 Å². The average molecular weight is 227 g/mol. The highest BCUT2D eigenvalue weighted by atomic mass is 32.2. The molecule has 0 fully saturated rings. The van der Waals surface area contributed by atoms with Crippen molar-refractivity contribution in [3.63, 3.8) is 0 Å². The smallest absolute Gasteiger partial charge is 0.271 e. The lowest BCUT2D eigenvalue weighted by molar-refractivity contribution is 0.599. The number of nitrogens with two attached hydrogens (primary N) is 2. The van der Waals surface area contributed by atoms with Crippen LogP contribution in [0.4, 0.5) is 0 Å². The van der Waals surface area contributed by atoms with Gasteiger partial charge in [-0.25, -0.2) is 10.3 Å². The van der Waals surface area contributed by atoms with Crippen molar-refractivity contribution >= 4 is 16.4 Å². The summed E-state index contributed by atoms with van der Waals surface area (Å²) in [6.07, 6.45) is 3.06. The van der Waals surface area contributed by atoms with Crippen LogP contribution in [0.5, 0.6) is 0 Å². The van der Waals surface area contributed by atoms with Crippen LogP contribution in [0.2, 0.25) is 0 Å². The van der Waals surface area contributed by atoms with Crippen LogP contribution in [0.25, 0.3) is 0 Å². The molecule has 0 atom stereocenters. The summed E-state index contributed by atoms with van der Waals surface area (Å²) in [5.74, 6) is 0. The van der Waals surface area contributed by atoms with Gasteiger partial charge in [-0.3, -0.25) is 4.99 Å². The maximum atomic E-state index is 9.19. The molecule has 1 aliphatic heterocycles.